The molecule has 0 bridgehead atoms. The van der Waals surface area contributed by atoms with E-state index in [0.29, 0.717) is 17.5 Å². The second-order valence-electron chi connectivity index (χ2n) is 16.3. The van der Waals surface area contributed by atoms with Crippen LogP contribution in [0.2, 0.25) is 0 Å². The Kier molecular flexibility index (Phi) is 9.46. The molecule has 4 nitrogen and oxygen atoms in total. The van der Waals surface area contributed by atoms with Crippen molar-refractivity contribution in [3.8, 4) is 89.8 Å². The van der Waals surface area contributed by atoms with E-state index in [9.17, 15) is 0 Å². The van der Waals surface area contributed by atoms with Crippen molar-refractivity contribution in [1.82, 2.24) is 15.0 Å². The lowest BCUT2D eigenvalue weighted by Gasteiger charge is -2.13. The Balaban J connectivity index is 1.01. The van der Waals surface area contributed by atoms with Crippen LogP contribution >= 0.6 is 0 Å². The lowest BCUT2D eigenvalue weighted by atomic mass is 9.90. The van der Waals surface area contributed by atoms with E-state index >= 15 is 0 Å². The van der Waals surface area contributed by atoms with Crippen LogP contribution in [0.3, 0.4) is 0 Å². The molecule has 0 atom stereocenters. The normalized spacial score (nSPS) is 11.4. The summed E-state index contributed by atoms with van der Waals surface area (Å²) in [6, 6.07) is 82.9. The van der Waals surface area contributed by atoms with Gasteiger partial charge in [-0.15, -0.1) is 0 Å². The van der Waals surface area contributed by atoms with E-state index in [4.69, 9.17) is 19.4 Å². The number of benzene rings is 10. The zero-order valence-corrected chi connectivity index (χ0v) is 35.3. The molecule has 65 heavy (non-hydrogen) atoms. The van der Waals surface area contributed by atoms with Crippen molar-refractivity contribution in [1.29, 1.82) is 0 Å². The number of fused-ring (bicyclic) bond motifs is 4. The first-order chi connectivity index (χ1) is 32.2. The van der Waals surface area contributed by atoms with Crippen LogP contribution in [0, 0.1) is 0 Å². The van der Waals surface area contributed by atoms with Gasteiger partial charge in [-0.25, -0.2) is 15.0 Å². The summed E-state index contributed by atoms with van der Waals surface area (Å²) in [5.41, 5.74) is 15.7. The minimum Gasteiger partial charge on any atom is -0.455 e. The lowest BCUT2D eigenvalue weighted by Crippen LogP contribution is -2.00. The molecule has 0 unspecified atom stereocenters. The Morgan fingerprint density at radius 1 is 0.262 bits per heavy atom. The van der Waals surface area contributed by atoms with E-state index in [-0.39, 0.29) is 0 Å². The smallest absolute Gasteiger partial charge is 0.164 e. The average molecular weight is 830 g/mol. The summed E-state index contributed by atoms with van der Waals surface area (Å²) >= 11 is 0. The molecular formula is C61H39N3O. The molecule has 304 valence electrons. The van der Waals surface area contributed by atoms with Crippen LogP contribution in [0.4, 0.5) is 0 Å². The standard InChI is InChI=1S/C61H39N3O/c1-5-15-40(16-6-1)42-27-29-45(30-28-42)59-62-60(50-34-33-47-37-46(31-32-48(47)38-50)41-17-7-2-8-18-41)64-61(63-59)54-25-14-26-56-57(54)53-24-13-23-52(58(53)65-56)49-35-36-51(43-19-9-3-10-20-43)55(39-49)44-21-11-4-12-22-44/h1-39H. The molecular weight excluding hydrogens is 791 g/mol. The molecule has 4 heteroatoms. The highest BCUT2D eigenvalue weighted by Gasteiger charge is 2.21. The first-order valence-electron chi connectivity index (χ1n) is 21.9. The number of nitrogens with zero attached hydrogens (tertiary/aromatic N) is 3. The summed E-state index contributed by atoms with van der Waals surface area (Å²) in [5, 5.41) is 4.22. The van der Waals surface area contributed by atoms with Crippen molar-refractivity contribution in [3.05, 3.63) is 237 Å². The SMILES string of the molecule is c1ccc(-c2ccc(-c3nc(-c4ccc5cc(-c6ccccc6)ccc5c4)nc(-c4cccc5oc6c(-c7ccc(-c8ccccc8)c(-c8ccccc8)c7)cccc6c45)n3)cc2)cc1. The average Bonchev–Trinajstić information content (AvgIpc) is 3.79. The Labute approximate surface area is 376 Å². The van der Waals surface area contributed by atoms with E-state index in [2.05, 4.69) is 212 Å². The summed E-state index contributed by atoms with van der Waals surface area (Å²) in [7, 11) is 0. The van der Waals surface area contributed by atoms with Crippen LogP contribution in [0.25, 0.3) is 123 Å². The Morgan fingerprint density at radius 2 is 0.738 bits per heavy atom. The van der Waals surface area contributed by atoms with Gasteiger partial charge in [-0.3, -0.25) is 0 Å². The number of aromatic nitrogens is 3. The third-order valence-electron chi connectivity index (χ3n) is 12.4. The number of rotatable bonds is 8. The molecule has 12 aromatic rings. The molecule has 0 amide bonds. The number of hydrogen-bond donors (Lipinski definition) is 0. The number of furan rings is 1. The monoisotopic (exact) mass is 829 g/mol. The van der Waals surface area contributed by atoms with Gasteiger partial charge in [0.15, 0.2) is 17.5 Å². The van der Waals surface area contributed by atoms with Crippen molar-refractivity contribution in [2.24, 2.45) is 0 Å². The number of para-hydroxylation sites is 1. The molecule has 0 saturated carbocycles. The van der Waals surface area contributed by atoms with Gasteiger partial charge < -0.3 is 4.42 Å². The van der Waals surface area contributed by atoms with Gasteiger partial charge in [-0.05, 0) is 85.1 Å². The van der Waals surface area contributed by atoms with Crippen molar-refractivity contribution in [2.45, 2.75) is 0 Å². The summed E-state index contributed by atoms with van der Waals surface area (Å²) in [6.45, 7) is 0. The lowest BCUT2D eigenvalue weighted by molar-refractivity contribution is 0.670. The van der Waals surface area contributed by atoms with Gasteiger partial charge >= 0.3 is 0 Å². The van der Waals surface area contributed by atoms with Gasteiger partial charge in [0.25, 0.3) is 0 Å². The maximum atomic E-state index is 6.86. The molecule has 0 aliphatic rings. The molecule has 2 aromatic heterocycles. The summed E-state index contributed by atoms with van der Waals surface area (Å²) in [5.74, 6) is 1.78. The summed E-state index contributed by atoms with van der Waals surface area (Å²) in [4.78, 5) is 15.7. The minimum atomic E-state index is 0.578. The van der Waals surface area contributed by atoms with E-state index in [1.165, 1.54) is 22.3 Å². The van der Waals surface area contributed by atoms with Crippen molar-refractivity contribution in [3.63, 3.8) is 0 Å². The highest BCUT2D eigenvalue weighted by molar-refractivity contribution is 6.15. The second kappa shape index (κ2) is 16.2. The van der Waals surface area contributed by atoms with Gasteiger partial charge in [0.2, 0.25) is 0 Å². The molecule has 2 heterocycles. The zero-order valence-electron chi connectivity index (χ0n) is 35.3. The van der Waals surface area contributed by atoms with E-state index < -0.39 is 0 Å². The van der Waals surface area contributed by atoms with Crippen molar-refractivity contribution in [2.75, 3.05) is 0 Å². The highest BCUT2D eigenvalue weighted by Crippen LogP contribution is 2.43. The maximum absolute atomic E-state index is 6.86. The number of hydrogen-bond acceptors (Lipinski definition) is 4. The predicted molar refractivity (Wildman–Crippen MR) is 268 cm³/mol. The zero-order chi connectivity index (χ0) is 43.1. The van der Waals surface area contributed by atoms with Gasteiger partial charge in [0.1, 0.15) is 11.2 Å². The van der Waals surface area contributed by atoms with Gasteiger partial charge in [-0.1, -0.05) is 212 Å². The second-order valence-corrected chi connectivity index (χ2v) is 16.3. The fraction of sp³-hybridized carbons (Fsp3) is 0. The third kappa shape index (κ3) is 7.13. The van der Waals surface area contributed by atoms with Crippen LogP contribution in [0.1, 0.15) is 0 Å². The molecule has 0 aliphatic carbocycles. The molecule has 0 fully saturated rings. The molecule has 0 N–H and O–H groups in total. The Hall–Kier alpha value is -8.73. The van der Waals surface area contributed by atoms with Crippen LogP contribution in [0.5, 0.6) is 0 Å². The predicted octanol–water partition coefficient (Wildman–Crippen LogP) is 16.3. The largest absolute Gasteiger partial charge is 0.455 e. The van der Waals surface area contributed by atoms with Crippen LogP contribution in [-0.2, 0) is 0 Å². The third-order valence-corrected chi connectivity index (χ3v) is 12.4. The molecule has 10 aromatic carbocycles. The molecule has 0 aliphatic heterocycles. The molecule has 12 rings (SSSR count). The Morgan fingerprint density at radius 3 is 1.42 bits per heavy atom. The molecule has 0 saturated heterocycles. The fourth-order valence-corrected chi connectivity index (χ4v) is 9.09. The van der Waals surface area contributed by atoms with Crippen LogP contribution < -0.4 is 0 Å². The molecule has 0 radical (unpaired) electrons. The highest BCUT2D eigenvalue weighted by atomic mass is 16.3. The van der Waals surface area contributed by atoms with Gasteiger partial charge in [-0.2, -0.15) is 0 Å². The maximum Gasteiger partial charge on any atom is 0.164 e. The molecule has 0 spiro atoms. The van der Waals surface area contributed by atoms with Crippen LogP contribution in [-0.4, -0.2) is 15.0 Å². The first kappa shape index (κ1) is 38.0. The van der Waals surface area contributed by atoms with Crippen LogP contribution in [0.15, 0.2) is 241 Å². The quantitative estimate of drug-likeness (QED) is 0.153. The topological polar surface area (TPSA) is 51.8 Å². The van der Waals surface area contributed by atoms with E-state index in [1.54, 1.807) is 0 Å². The van der Waals surface area contributed by atoms with Crippen molar-refractivity contribution < 1.29 is 4.42 Å². The Bertz CT molecular complexity index is 3680. The minimum absolute atomic E-state index is 0.578. The summed E-state index contributed by atoms with van der Waals surface area (Å²) < 4.78 is 6.86. The first-order valence-corrected chi connectivity index (χ1v) is 21.9. The van der Waals surface area contributed by atoms with Crippen molar-refractivity contribution >= 4 is 32.7 Å². The van der Waals surface area contributed by atoms with E-state index in [0.717, 1.165) is 82.8 Å². The fourth-order valence-electron chi connectivity index (χ4n) is 9.09. The summed E-state index contributed by atoms with van der Waals surface area (Å²) in [6.07, 6.45) is 0. The van der Waals surface area contributed by atoms with Gasteiger partial charge in [0.05, 0.1) is 0 Å². The van der Waals surface area contributed by atoms with Gasteiger partial charge in [0, 0.05) is 33.0 Å². The van der Waals surface area contributed by atoms with E-state index in [1.807, 2.05) is 24.3 Å².